The molecule has 1 nitrogen and oxygen atoms in total. The van der Waals surface area contributed by atoms with Crippen molar-refractivity contribution < 1.29 is 4.39 Å². The van der Waals surface area contributed by atoms with E-state index in [9.17, 15) is 4.39 Å². The third kappa shape index (κ3) is 2.97. The summed E-state index contributed by atoms with van der Waals surface area (Å²) >= 11 is 6.15. The smallest absolute Gasteiger partial charge is 0.123 e. The fraction of sp³-hybridized carbons (Fsp3) is 0.333. The van der Waals surface area contributed by atoms with E-state index in [0.29, 0.717) is 0 Å². The monoisotopic (exact) mass is 303 g/mol. The predicted octanol–water partition coefficient (Wildman–Crippen LogP) is 4.89. The lowest BCUT2D eigenvalue weighted by atomic mass is 9.85. The number of nitrogens with one attached hydrogen (secondary N) is 1. The van der Waals surface area contributed by atoms with E-state index in [0.717, 1.165) is 23.6 Å². The van der Waals surface area contributed by atoms with Gasteiger partial charge in [-0.05, 0) is 52.8 Å². The van der Waals surface area contributed by atoms with Crippen LogP contribution in [0.15, 0.2) is 42.5 Å². The van der Waals surface area contributed by atoms with Gasteiger partial charge < -0.3 is 5.32 Å². The van der Waals surface area contributed by atoms with E-state index in [-0.39, 0.29) is 17.3 Å². The Balaban J connectivity index is 1.81. The van der Waals surface area contributed by atoms with Gasteiger partial charge in [0.05, 0.1) is 0 Å². The standard InChI is InChI=1S/C18H19ClFN/c1-18(2)10-13-5-6-14(19)9-16(13)17(18)21-11-12-3-7-15(20)8-4-12/h3-9,17,21H,10-11H2,1-2H3. The minimum Gasteiger partial charge on any atom is -0.305 e. The molecule has 3 rings (SSSR count). The van der Waals surface area contributed by atoms with Gasteiger partial charge in [-0.2, -0.15) is 0 Å². The van der Waals surface area contributed by atoms with E-state index in [1.54, 1.807) is 0 Å². The van der Waals surface area contributed by atoms with Crippen LogP contribution >= 0.6 is 11.6 Å². The highest BCUT2D eigenvalue weighted by molar-refractivity contribution is 6.30. The molecule has 0 radical (unpaired) electrons. The summed E-state index contributed by atoms with van der Waals surface area (Å²) in [5.41, 5.74) is 3.88. The summed E-state index contributed by atoms with van der Waals surface area (Å²) < 4.78 is 13.0. The lowest BCUT2D eigenvalue weighted by Crippen LogP contribution is -2.30. The van der Waals surface area contributed by atoms with E-state index in [1.165, 1.54) is 23.3 Å². The summed E-state index contributed by atoms with van der Waals surface area (Å²) in [6.07, 6.45) is 1.04. The lowest BCUT2D eigenvalue weighted by Gasteiger charge is -2.29. The number of halogens is 2. The highest BCUT2D eigenvalue weighted by Gasteiger charge is 2.38. The SMILES string of the molecule is CC1(C)Cc2ccc(Cl)cc2C1NCc1ccc(F)cc1. The number of benzene rings is 2. The topological polar surface area (TPSA) is 12.0 Å². The Morgan fingerprint density at radius 1 is 1.19 bits per heavy atom. The average molecular weight is 304 g/mol. The van der Waals surface area contributed by atoms with Crippen molar-refractivity contribution in [3.8, 4) is 0 Å². The Labute approximate surface area is 130 Å². The average Bonchev–Trinajstić information content (AvgIpc) is 2.68. The molecular weight excluding hydrogens is 285 g/mol. The zero-order valence-electron chi connectivity index (χ0n) is 12.3. The lowest BCUT2D eigenvalue weighted by molar-refractivity contribution is 0.268. The quantitative estimate of drug-likeness (QED) is 0.851. The molecule has 1 aliphatic carbocycles. The van der Waals surface area contributed by atoms with E-state index in [1.807, 2.05) is 18.2 Å². The first-order chi connectivity index (χ1) is 9.95. The Bertz CT molecular complexity index is 649. The minimum absolute atomic E-state index is 0.146. The maximum absolute atomic E-state index is 13.0. The maximum atomic E-state index is 13.0. The van der Waals surface area contributed by atoms with Gasteiger partial charge >= 0.3 is 0 Å². The summed E-state index contributed by atoms with van der Waals surface area (Å²) in [5, 5.41) is 4.39. The Kier molecular flexibility index (Phi) is 3.76. The van der Waals surface area contributed by atoms with Crippen LogP contribution < -0.4 is 5.32 Å². The predicted molar refractivity (Wildman–Crippen MR) is 84.9 cm³/mol. The third-order valence-electron chi connectivity index (χ3n) is 4.27. The van der Waals surface area contributed by atoms with Crippen LogP contribution in [0.2, 0.25) is 5.02 Å². The molecule has 2 aromatic rings. The zero-order chi connectivity index (χ0) is 15.0. The van der Waals surface area contributed by atoms with Crippen LogP contribution in [0.25, 0.3) is 0 Å². The Hall–Kier alpha value is -1.38. The summed E-state index contributed by atoms with van der Waals surface area (Å²) in [5.74, 6) is -0.197. The number of hydrogen-bond acceptors (Lipinski definition) is 1. The molecule has 0 saturated carbocycles. The van der Waals surface area contributed by atoms with Crippen molar-refractivity contribution in [1.82, 2.24) is 5.32 Å². The van der Waals surface area contributed by atoms with Crippen LogP contribution in [0.3, 0.4) is 0 Å². The van der Waals surface area contributed by atoms with E-state index in [2.05, 4.69) is 31.3 Å². The van der Waals surface area contributed by atoms with Crippen molar-refractivity contribution >= 4 is 11.6 Å². The van der Waals surface area contributed by atoms with Gasteiger partial charge in [-0.3, -0.25) is 0 Å². The largest absolute Gasteiger partial charge is 0.305 e. The summed E-state index contributed by atoms with van der Waals surface area (Å²) in [6, 6.07) is 13.1. The summed E-state index contributed by atoms with van der Waals surface area (Å²) in [7, 11) is 0. The molecule has 0 aromatic heterocycles. The molecule has 3 heteroatoms. The second-order valence-corrected chi connectivity index (χ2v) is 6.89. The normalized spacial score (nSPS) is 19.5. The van der Waals surface area contributed by atoms with Gasteiger partial charge in [-0.15, -0.1) is 0 Å². The number of fused-ring (bicyclic) bond motifs is 1. The summed E-state index contributed by atoms with van der Waals surface area (Å²) in [4.78, 5) is 0. The van der Waals surface area contributed by atoms with Crippen LogP contribution in [0.4, 0.5) is 4.39 Å². The van der Waals surface area contributed by atoms with Crippen molar-refractivity contribution in [2.75, 3.05) is 0 Å². The van der Waals surface area contributed by atoms with Gasteiger partial charge in [0.25, 0.3) is 0 Å². The maximum Gasteiger partial charge on any atom is 0.123 e. The second-order valence-electron chi connectivity index (χ2n) is 6.45. The van der Waals surface area contributed by atoms with Crippen LogP contribution in [-0.2, 0) is 13.0 Å². The van der Waals surface area contributed by atoms with Gasteiger partial charge in [0.2, 0.25) is 0 Å². The molecule has 21 heavy (non-hydrogen) atoms. The van der Waals surface area contributed by atoms with Gasteiger partial charge in [0.15, 0.2) is 0 Å². The highest BCUT2D eigenvalue weighted by atomic mass is 35.5. The molecule has 1 unspecified atom stereocenters. The molecule has 1 N–H and O–H groups in total. The molecule has 0 saturated heterocycles. The number of rotatable bonds is 3. The van der Waals surface area contributed by atoms with Gasteiger partial charge in [-0.1, -0.05) is 43.6 Å². The zero-order valence-corrected chi connectivity index (χ0v) is 13.0. The Morgan fingerprint density at radius 3 is 2.62 bits per heavy atom. The molecule has 1 aliphatic rings. The van der Waals surface area contributed by atoms with Crippen LogP contribution in [0.1, 0.15) is 36.6 Å². The van der Waals surface area contributed by atoms with Crippen molar-refractivity contribution in [1.29, 1.82) is 0 Å². The van der Waals surface area contributed by atoms with Crippen LogP contribution in [-0.4, -0.2) is 0 Å². The van der Waals surface area contributed by atoms with E-state index < -0.39 is 0 Å². The first kappa shape index (κ1) is 14.6. The minimum atomic E-state index is -0.197. The molecule has 0 heterocycles. The van der Waals surface area contributed by atoms with Crippen molar-refractivity contribution in [3.63, 3.8) is 0 Å². The van der Waals surface area contributed by atoms with Gasteiger partial charge in [0, 0.05) is 17.6 Å². The van der Waals surface area contributed by atoms with Gasteiger partial charge in [-0.25, -0.2) is 4.39 Å². The van der Waals surface area contributed by atoms with E-state index in [4.69, 9.17) is 11.6 Å². The molecule has 1 atom stereocenters. The van der Waals surface area contributed by atoms with Gasteiger partial charge in [0.1, 0.15) is 5.82 Å². The molecule has 110 valence electrons. The molecule has 0 spiro atoms. The first-order valence-corrected chi connectivity index (χ1v) is 7.60. The third-order valence-corrected chi connectivity index (χ3v) is 4.51. The summed E-state index contributed by atoms with van der Waals surface area (Å²) in [6.45, 7) is 5.26. The Morgan fingerprint density at radius 2 is 1.90 bits per heavy atom. The fourth-order valence-corrected chi connectivity index (χ4v) is 3.40. The van der Waals surface area contributed by atoms with Crippen LogP contribution in [0.5, 0.6) is 0 Å². The fourth-order valence-electron chi connectivity index (χ4n) is 3.22. The molecule has 0 aliphatic heterocycles. The van der Waals surface area contributed by atoms with Crippen LogP contribution in [0, 0.1) is 11.2 Å². The molecule has 0 amide bonds. The molecule has 0 bridgehead atoms. The molecule has 2 aromatic carbocycles. The van der Waals surface area contributed by atoms with E-state index >= 15 is 0 Å². The van der Waals surface area contributed by atoms with Crippen molar-refractivity contribution in [2.24, 2.45) is 5.41 Å². The van der Waals surface area contributed by atoms with Crippen molar-refractivity contribution in [2.45, 2.75) is 32.9 Å². The second kappa shape index (κ2) is 5.43. The highest BCUT2D eigenvalue weighted by Crippen LogP contribution is 2.45. The molecular formula is C18H19ClFN. The van der Waals surface area contributed by atoms with Crippen molar-refractivity contribution in [3.05, 3.63) is 70.0 Å². The first-order valence-electron chi connectivity index (χ1n) is 7.22. The molecule has 0 fully saturated rings. The number of hydrogen-bond donors (Lipinski definition) is 1.